The van der Waals surface area contributed by atoms with Crippen molar-refractivity contribution in [1.29, 1.82) is 0 Å². The van der Waals surface area contributed by atoms with Gasteiger partial charge in [-0.15, -0.1) is 20.4 Å². The zero-order chi connectivity index (χ0) is 46.1. The van der Waals surface area contributed by atoms with Crippen LogP contribution in [0.15, 0.2) is 161 Å². The van der Waals surface area contributed by atoms with Crippen LogP contribution in [0.2, 0.25) is 0 Å². The second-order valence-electron chi connectivity index (χ2n) is 16.1. The van der Waals surface area contributed by atoms with Gasteiger partial charge in [0.15, 0.2) is 23.3 Å². The molecule has 1 radical (unpaired) electrons. The van der Waals surface area contributed by atoms with E-state index in [2.05, 4.69) is 183 Å². The second kappa shape index (κ2) is 18.7. The molecule has 6 bridgehead atoms. The largest absolute Gasteiger partial charge is 0.358 e. The normalized spacial score (nSPS) is 17.4. The first-order chi connectivity index (χ1) is 34.1. The molecule has 1 unspecified atom stereocenters. The average Bonchev–Trinajstić information content (AvgIpc) is 4.25. The van der Waals surface area contributed by atoms with Crippen LogP contribution in [0.25, 0.3) is 62.3 Å². The smallest absolute Gasteiger partial charge is 0.179 e. The molecule has 12 rings (SSSR count). The Bertz CT molecular complexity index is 3710. The Labute approximate surface area is 406 Å². The van der Waals surface area contributed by atoms with Crippen LogP contribution in [0.4, 0.5) is 0 Å². The molecule has 6 N–H and O–H groups in total. The maximum absolute atomic E-state index is 5.52. The van der Waals surface area contributed by atoms with Gasteiger partial charge >= 0.3 is 0 Å². The number of tetrazole rings is 4. The van der Waals surface area contributed by atoms with Crippen LogP contribution in [0, 0.1) is 0 Å². The van der Waals surface area contributed by atoms with Crippen LogP contribution in [-0.2, 0) is 17.1 Å². The predicted molar refractivity (Wildman–Crippen MR) is 256 cm³/mol. The van der Waals surface area contributed by atoms with Crippen molar-refractivity contribution >= 4 is 28.1 Å². The number of aromatic amines is 6. The number of fused-ring (bicyclic) bond motifs is 5. The summed E-state index contributed by atoms with van der Waals surface area (Å²) in [6.07, 6.45) is 8.21. The van der Waals surface area contributed by atoms with Crippen LogP contribution in [0.5, 0.6) is 0 Å². The molecular weight excluding hydrogens is 924 g/mol. The molecule has 0 saturated heterocycles. The van der Waals surface area contributed by atoms with Gasteiger partial charge in [0.1, 0.15) is 0 Å². The zero-order valence-electron chi connectivity index (χ0n) is 36.8. The van der Waals surface area contributed by atoms with Gasteiger partial charge in [0, 0.05) is 84.0 Å². The summed E-state index contributed by atoms with van der Waals surface area (Å²) in [5.41, 5.74) is 14.1. The summed E-state index contributed by atoms with van der Waals surface area (Å²) >= 11 is 0. The third kappa shape index (κ3) is 8.22. The van der Waals surface area contributed by atoms with E-state index < -0.39 is 0 Å². The van der Waals surface area contributed by atoms with Crippen molar-refractivity contribution in [3.05, 3.63) is 196 Å². The fourth-order valence-electron chi connectivity index (χ4n) is 8.74. The number of rotatable bonds is 9. The van der Waals surface area contributed by atoms with Crippen molar-refractivity contribution in [2.24, 2.45) is 9.98 Å². The van der Waals surface area contributed by atoms with Gasteiger partial charge in [-0.1, -0.05) is 103 Å². The standard InChI is InChI=1S/C49H36N20.Mn/c1-2-3-37-43(28-6-14-32(15-7-28)47-56-64-65-57-47)38-22-23-41(52-38)45(30-10-18-34(19-11-30)49-60-68-69-61-49)42-25-24-40(53-42)44(29-8-16-33(17-9-29)48-58-66-67-59-48)39-21-20-36(51-39)35(26-50-37)27-4-12-31(13-5-27)46-54-62-63-55-46;/h2-25,35,51-52H,26H2,1H3,(H,54,55,62,63)(H,56,57,64,65)(H,58,59,66,67)(H,60,61,68,69);/b3-2-,43-38-,44-40-,45-41-,50-37?;. The van der Waals surface area contributed by atoms with Crippen LogP contribution in [0.3, 0.4) is 0 Å². The summed E-state index contributed by atoms with van der Waals surface area (Å²) in [6.45, 7) is 2.39. The molecule has 20 nitrogen and oxygen atoms in total. The fraction of sp³-hybridized carbons (Fsp3) is 0.0612. The van der Waals surface area contributed by atoms with E-state index in [9.17, 15) is 0 Å². The Hall–Kier alpha value is -9.46. The zero-order valence-corrected chi connectivity index (χ0v) is 38.0. The number of hydrogen-bond acceptors (Lipinski definition) is 14. The van der Waals surface area contributed by atoms with Crippen molar-refractivity contribution in [2.45, 2.75) is 12.8 Å². The fourth-order valence-corrected chi connectivity index (χ4v) is 8.74. The molecule has 339 valence electrons. The Morgan fingerprint density at radius 1 is 0.471 bits per heavy atom. The third-order valence-corrected chi connectivity index (χ3v) is 12.1. The molecule has 0 saturated carbocycles. The molecule has 8 heterocycles. The number of H-pyrrole nitrogens is 6. The molecule has 0 spiro atoms. The molecule has 0 aliphatic carbocycles. The summed E-state index contributed by atoms with van der Waals surface area (Å²) in [5.74, 6) is 2.08. The number of nitrogens with zero attached hydrogens (tertiary/aromatic N) is 14. The quantitative estimate of drug-likeness (QED) is 0.103. The van der Waals surface area contributed by atoms with Gasteiger partial charge < -0.3 is 9.97 Å². The monoisotopic (exact) mass is 959 g/mol. The van der Waals surface area contributed by atoms with Crippen LogP contribution in [-0.4, -0.2) is 110 Å². The van der Waals surface area contributed by atoms with Crippen LogP contribution < -0.4 is 10.7 Å². The van der Waals surface area contributed by atoms with Gasteiger partial charge in [0.25, 0.3) is 0 Å². The summed E-state index contributed by atoms with van der Waals surface area (Å²) < 4.78 is 0. The maximum atomic E-state index is 5.52. The molecule has 70 heavy (non-hydrogen) atoms. The number of aromatic nitrogens is 18. The average molecular weight is 960 g/mol. The first-order valence-corrected chi connectivity index (χ1v) is 21.8. The SMILES string of the molecule is C/C=C\C1=NCC(c2ccc(-c3nnn[nH]3)cc2)c2ccc([nH]2)/C(c2ccc(-c3nnn[nH]3)cc2)=C2/C=CC(=N2)/C(c2ccc(-c3nnn[nH]3)cc2)=c2/cc/c([nH]2)=C/1c1ccc(-c2nnn[nH]2)cc1.[Mn]. The van der Waals surface area contributed by atoms with Gasteiger partial charge in [0.05, 0.1) is 23.7 Å². The van der Waals surface area contributed by atoms with Crippen molar-refractivity contribution in [3.63, 3.8) is 0 Å². The molecule has 2 aliphatic heterocycles. The Balaban J connectivity index is 0.00000533. The minimum atomic E-state index is -0.211. The van der Waals surface area contributed by atoms with E-state index in [-0.39, 0.29) is 23.0 Å². The third-order valence-electron chi connectivity index (χ3n) is 12.1. The molecule has 1 atom stereocenters. The maximum Gasteiger partial charge on any atom is 0.179 e. The second-order valence-corrected chi connectivity index (χ2v) is 16.1. The van der Waals surface area contributed by atoms with Crippen LogP contribution in [0.1, 0.15) is 46.5 Å². The molecule has 10 aromatic rings. The Morgan fingerprint density at radius 2 is 0.929 bits per heavy atom. The number of aliphatic imine (C=N–C) groups is 2. The molecule has 4 aromatic carbocycles. The minimum absolute atomic E-state index is 0. The number of allylic oxidation sites excluding steroid dienone is 4. The van der Waals surface area contributed by atoms with E-state index in [1.54, 1.807) is 0 Å². The van der Waals surface area contributed by atoms with E-state index in [1.807, 2.05) is 61.5 Å². The van der Waals surface area contributed by atoms with E-state index in [1.165, 1.54) is 0 Å². The predicted octanol–water partition coefficient (Wildman–Crippen LogP) is 5.09. The van der Waals surface area contributed by atoms with E-state index in [4.69, 9.17) is 9.98 Å². The summed E-state index contributed by atoms with van der Waals surface area (Å²) in [6, 6.07) is 41.1. The number of benzene rings is 4. The van der Waals surface area contributed by atoms with Crippen LogP contribution >= 0.6 is 0 Å². The van der Waals surface area contributed by atoms with Crippen molar-refractivity contribution in [1.82, 2.24) is 92.5 Å². The number of hydrogen-bond donors (Lipinski definition) is 6. The number of nitrogens with one attached hydrogen (secondary N) is 6. The molecule has 6 aromatic heterocycles. The molecular formula is C49H36MnN20. The van der Waals surface area contributed by atoms with Gasteiger partial charge in [-0.3, -0.25) is 4.99 Å². The van der Waals surface area contributed by atoms with Gasteiger partial charge in [-0.2, -0.15) is 0 Å². The first kappa shape index (κ1) is 43.1. The summed E-state index contributed by atoms with van der Waals surface area (Å²) in [4.78, 5) is 18.7. The van der Waals surface area contributed by atoms with Gasteiger partial charge in [-0.25, -0.2) is 25.4 Å². The van der Waals surface area contributed by atoms with Crippen molar-refractivity contribution in [3.8, 4) is 45.6 Å². The van der Waals surface area contributed by atoms with Crippen molar-refractivity contribution in [2.75, 3.05) is 6.54 Å². The first-order valence-electron chi connectivity index (χ1n) is 21.8. The molecule has 0 amide bonds. The van der Waals surface area contributed by atoms with Gasteiger partial charge in [-0.05, 0) is 113 Å². The Kier molecular flexibility index (Phi) is 11.5. The molecule has 21 heteroatoms. The summed E-state index contributed by atoms with van der Waals surface area (Å²) in [5, 5.41) is 60.0. The Morgan fingerprint density at radius 3 is 1.41 bits per heavy atom. The summed E-state index contributed by atoms with van der Waals surface area (Å²) in [7, 11) is 0. The molecule has 0 fully saturated rings. The van der Waals surface area contributed by atoms with Gasteiger partial charge in [0.2, 0.25) is 0 Å². The topological polar surface area (TPSA) is 274 Å². The van der Waals surface area contributed by atoms with E-state index >= 15 is 0 Å². The minimum Gasteiger partial charge on any atom is -0.358 e. The van der Waals surface area contributed by atoms with Crippen molar-refractivity contribution < 1.29 is 17.1 Å². The van der Waals surface area contributed by atoms with E-state index in [0.717, 1.165) is 100 Å². The van der Waals surface area contributed by atoms with E-state index in [0.29, 0.717) is 29.8 Å². The molecule has 2 aliphatic rings.